The van der Waals surface area contributed by atoms with Crippen molar-refractivity contribution in [3.05, 3.63) is 22.7 Å². The van der Waals surface area contributed by atoms with Crippen molar-refractivity contribution in [2.75, 3.05) is 85.6 Å². The number of nitrogens with two attached hydrogens (primary N) is 1. The molecule has 1 fully saturated rings. The third-order valence-electron chi connectivity index (χ3n) is 9.10. The molecule has 1 aliphatic rings. The Kier molecular flexibility index (Phi) is 20.7. The molecule has 0 aromatic heterocycles. The number of likely N-dealkylation sites (tertiary alicyclic amines) is 1. The van der Waals surface area contributed by atoms with Crippen molar-refractivity contribution in [1.82, 2.24) is 25.3 Å². The minimum atomic E-state index is -4.12. The summed E-state index contributed by atoms with van der Waals surface area (Å²) in [5.74, 6) is -0.398. The van der Waals surface area contributed by atoms with Crippen LogP contribution < -0.4 is 21.1 Å². The minimum Gasteiger partial charge on any atom is -0.496 e. The number of nitrogen functional groups attached to an aromatic ring is 1. The van der Waals surface area contributed by atoms with Crippen LogP contribution in [0.15, 0.2) is 12.1 Å². The van der Waals surface area contributed by atoms with Crippen LogP contribution in [-0.2, 0) is 24.4 Å². The SMILES string of the molecule is COc1cc(N)c(Cl)cc1C(=O)N[C@@H]1CCN(CCCCCC(=O)NCCCCCCCC(=O)N(CCCN(C)C)CCS(=O)(=O)O)C[C@@H]1OC. The van der Waals surface area contributed by atoms with Crippen molar-refractivity contribution in [2.45, 2.75) is 89.2 Å². The lowest BCUT2D eigenvalue weighted by Gasteiger charge is -2.38. The zero-order valence-corrected chi connectivity index (χ0v) is 32.5. The topological polar surface area (TPSA) is 184 Å². The summed E-state index contributed by atoms with van der Waals surface area (Å²) in [4.78, 5) is 43.9. The summed E-state index contributed by atoms with van der Waals surface area (Å²) in [6.07, 6.45) is 9.29. The second-order valence-electron chi connectivity index (χ2n) is 13.5. The zero-order chi connectivity index (χ0) is 37.8. The van der Waals surface area contributed by atoms with Crippen LogP contribution in [0.1, 0.15) is 87.4 Å². The Morgan fingerprint density at radius 3 is 2.35 bits per heavy atom. The number of methoxy groups -OCH3 is 2. The molecular formula is C35H61ClN6O8S. The second kappa shape index (κ2) is 23.8. The Labute approximate surface area is 309 Å². The molecule has 0 saturated carbocycles. The fraction of sp³-hybridized carbons (Fsp3) is 0.743. The molecule has 2 rings (SSSR count). The number of amides is 3. The van der Waals surface area contributed by atoms with E-state index < -0.39 is 15.9 Å². The van der Waals surface area contributed by atoms with E-state index in [1.807, 2.05) is 19.0 Å². The summed E-state index contributed by atoms with van der Waals surface area (Å²) in [5.41, 5.74) is 6.52. The number of hydrogen-bond acceptors (Lipinski definition) is 10. The number of ether oxygens (including phenoxy) is 2. The average molecular weight is 761 g/mol. The first-order chi connectivity index (χ1) is 24.2. The largest absolute Gasteiger partial charge is 0.496 e. The van der Waals surface area contributed by atoms with Gasteiger partial charge in [-0.05, 0) is 71.8 Å². The first-order valence-electron chi connectivity index (χ1n) is 18.1. The Morgan fingerprint density at radius 1 is 0.980 bits per heavy atom. The molecule has 1 heterocycles. The van der Waals surface area contributed by atoms with Crippen LogP contribution in [0.4, 0.5) is 5.69 Å². The van der Waals surface area contributed by atoms with Crippen LogP contribution in [0.2, 0.25) is 5.02 Å². The molecule has 0 spiro atoms. The van der Waals surface area contributed by atoms with Crippen molar-refractivity contribution in [2.24, 2.45) is 0 Å². The number of nitrogens with one attached hydrogen (secondary N) is 2. The molecule has 0 aliphatic carbocycles. The van der Waals surface area contributed by atoms with E-state index in [2.05, 4.69) is 15.5 Å². The molecule has 0 bridgehead atoms. The lowest BCUT2D eigenvalue weighted by atomic mass is 10.00. The molecule has 51 heavy (non-hydrogen) atoms. The molecule has 2 atom stereocenters. The van der Waals surface area contributed by atoms with Crippen molar-refractivity contribution >= 4 is 45.1 Å². The molecular weight excluding hydrogens is 700 g/mol. The van der Waals surface area contributed by atoms with E-state index in [1.54, 1.807) is 13.2 Å². The highest BCUT2D eigenvalue weighted by Crippen LogP contribution is 2.29. The summed E-state index contributed by atoms with van der Waals surface area (Å²) in [5, 5.41) is 6.37. The van der Waals surface area contributed by atoms with Crippen molar-refractivity contribution < 1.29 is 36.8 Å². The highest BCUT2D eigenvalue weighted by atomic mass is 35.5. The van der Waals surface area contributed by atoms with Crippen LogP contribution in [0.3, 0.4) is 0 Å². The van der Waals surface area contributed by atoms with Crippen LogP contribution >= 0.6 is 11.6 Å². The van der Waals surface area contributed by atoms with E-state index >= 15 is 0 Å². The maximum absolute atomic E-state index is 13.0. The highest BCUT2D eigenvalue weighted by molar-refractivity contribution is 7.85. The quantitative estimate of drug-likeness (QED) is 0.0651. The smallest absolute Gasteiger partial charge is 0.266 e. The van der Waals surface area contributed by atoms with Gasteiger partial charge in [0.15, 0.2) is 0 Å². The number of nitrogens with zero attached hydrogens (tertiary/aromatic N) is 3. The average Bonchev–Trinajstić information content (AvgIpc) is 3.07. The molecule has 0 unspecified atom stereocenters. The molecule has 1 aromatic rings. The fourth-order valence-electron chi connectivity index (χ4n) is 6.12. The predicted octanol–water partition coefficient (Wildman–Crippen LogP) is 3.44. The summed E-state index contributed by atoms with van der Waals surface area (Å²) >= 11 is 6.14. The maximum atomic E-state index is 13.0. The molecule has 292 valence electrons. The number of piperidine rings is 1. The zero-order valence-electron chi connectivity index (χ0n) is 31.0. The normalized spacial score (nSPS) is 16.6. The number of rotatable bonds is 25. The molecule has 3 amide bonds. The molecule has 1 aromatic carbocycles. The monoisotopic (exact) mass is 760 g/mol. The second-order valence-corrected chi connectivity index (χ2v) is 15.5. The van der Waals surface area contributed by atoms with Crippen molar-refractivity contribution in [3.63, 3.8) is 0 Å². The minimum absolute atomic E-state index is 0.00130. The van der Waals surface area contributed by atoms with Crippen LogP contribution in [0.25, 0.3) is 0 Å². The van der Waals surface area contributed by atoms with Gasteiger partial charge in [-0.2, -0.15) is 8.42 Å². The third kappa shape index (κ3) is 18.1. The van der Waals surface area contributed by atoms with E-state index in [-0.39, 0.29) is 36.4 Å². The number of anilines is 1. The van der Waals surface area contributed by atoms with E-state index in [0.29, 0.717) is 54.5 Å². The number of carbonyl (C=O) groups excluding carboxylic acids is 3. The van der Waals surface area contributed by atoms with Gasteiger partial charge in [-0.15, -0.1) is 0 Å². The number of unbranched alkanes of at least 4 members (excludes halogenated alkanes) is 6. The standard InChI is InChI=1S/C35H61ClN6O8S/c1-40(2)18-13-20-42(22-23-51(46,47)48)34(44)15-10-6-5-7-11-17-38-33(43)14-9-8-12-19-41-21-16-30(32(26-41)50-4)39-35(45)27-24-28(36)29(37)25-31(27)49-3/h24-25,30,32H,5-23,26,37H2,1-4H3,(H,38,43)(H,39,45)(H,46,47,48)/t30-,32+/m1/s1. The van der Waals surface area contributed by atoms with E-state index in [9.17, 15) is 22.8 Å². The van der Waals surface area contributed by atoms with Crippen LogP contribution in [0.5, 0.6) is 5.75 Å². The number of carbonyl (C=O) groups is 3. The Balaban J connectivity index is 1.54. The lowest BCUT2D eigenvalue weighted by Crippen LogP contribution is -2.54. The highest BCUT2D eigenvalue weighted by Gasteiger charge is 2.31. The predicted molar refractivity (Wildman–Crippen MR) is 201 cm³/mol. The van der Waals surface area contributed by atoms with Gasteiger partial charge in [0.25, 0.3) is 16.0 Å². The summed E-state index contributed by atoms with van der Waals surface area (Å²) < 4.78 is 42.5. The van der Waals surface area contributed by atoms with Gasteiger partial charge in [-0.25, -0.2) is 0 Å². The summed E-state index contributed by atoms with van der Waals surface area (Å²) in [6, 6.07) is 2.91. The Bertz CT molecular complexity index is 1340. The number of halogens is 1. The number of benzene rings is 1. The van der Waals surface area contributed by atoms with E-state index in [4.69, 9.17) is 31.4 Å². The van der Waals surface area contributed by atoms with Gasteiger partial charge in [0.2, 0.25) is 11.8 Å². The number of hydrogen-bond donors (Lipinski definition) is 4. The van der Waals surface area contributed by atoms with Gasteiger partial charge in [-0.3, -0.25) is 18.9 Å². The Hall–Kier alpha value is -2.69. The summed E-state index contributed by atoms with van der Waals surface area (Å²) in [7, 11) is 2.89. The van der Waals surface area contributed by atoms with Gasteiger partial charge in [0.05, 0.1) is 41.3 Å². The van der Waals surface area contributed by atoms with E-state index in [0.717, 1.165) is 83.8 Å². The molecule has 1 saturated heterocycles. The van der Waals surface area contributed by atoms with Crippen LogP contribution in [0, 0.1) is 0 Å². The van der Waals surface area contributed by atoms with Crippen LogP contribution in [-0.4, -0.2) is 137 Å². The van der Waals surface area contributed by atoms with Crippen molar-refractivity contribution in [1.29, 1.82) is 0 Å². The first-order valence-corrected chi connectivity index (χ1v) is 20.1. The van der Waals surface area contributed by atoms with Gasteiger partial charge in [0.1, 0.15) is 5.75 Å². The Morgan fingerprint density at radius 2 is 1.67 bits per heavy atom. The molecule has 5 N–H and O–H groups in total. The van der Waals surface area contributed by atoms with Crippen molar-refractivity contribution in [3.8, 4) is 5.75 Å². The fourth-order valence-corrected chi connectivity index (χ4v) is 6.73. The summed E-state index contributed by atoms with van der Waals surface area (Å²) in [6.45, 7) is 4.30. The molecule has 0 radical (unpaired) electrons. The van der Waals surface area contributed by atoms with E-state index in [1.165, 1.54) is 18.1 Å². The lowest BCUT2D eigenvalue weighted by molar-refractivity contribution is -0.131. The van der Waals surface area contributed by atoms with Gasteiger partial charge in [0, 0.05) is 58.7 Å². The molecule has 1 aliphatic heterocycles. The van der Waals surface area contributed by atoms with Gasteiger partial charge >= 0.3 is 0 Å². The maximum Gasteiger partial charge on any atom is 0.266 e. The molecule has 14 nitrogen and oxygen atoms in total. The third-order valence-corrected chi connectivity index (χ3v) is 10.1. The molecule has 16 heteroatoms. The van der Waals surface area contributed by atoms with Gasteiger partial charge in [-0.1, -0.05) is 37.3 Å². The first kappa shape index (κ1) is 44.5. The van der Waals surface area contributed by atoms with Gasteiger partial charge < -0.3 is 40.5 Å².